The average molecular weight is 1680 g/mol. The molecule has 0 spiro atoms. The van der Waals surface area contributed by atoms with Crippen molar-refractivity contribution in [3.05, 3.63) is 35.9 Å². The van der Waals surface area contributed by atoms with Crippen molar-refractivity contribution in [2.24, 2.45) is 64.4 Å². The number of benzene rings is 1. The van der Waals surface area contributed by atoms with Gasteiger partial charge >= 0.3 is 0 Å². The smallest absolute Gasteiger partial charge is 0.245 e. The first-order valence-corrected chi connectivity index (χ1v) is 41.7. The molecule has 1 rings (SSSR count). The number of carbonyl (C=O) groups is 17. The Morgan fingerprint density at radius 2 is 0.647 bits per heavy atom. The molecule has 0 saturated heterocycles. The highest BCUT2D eigenvalue weighted by Gasteiger charge is 2.40. The molecule has 0 aliphatic carbocycles. The van der Waals surface area contributed by atoms with Gasteiger partial charge in [-0.2, -0.15) is 0 Å². The summed E-state index contributed by atoms with van der Waals surface area (Å²) in [5.74, 6) is -16.4. The summed E-state index contributed by atoms with van der Waals surface area (Å²) < 4.78 is 0. The molecular weight excluding hydrogens is 1540 g/mol. The van der Waals surface area contributed by atoms with Crippen LogP contribution in [0.5, 0.6) is 0 Å². The Morgan fingerprint density at radius 3 is 1.04 bits per heavy atom. The van der Waals surface area contributed by atoms with E-state index in [9.17, 15) is 86.6 Å². The van der Waals surface area contributed by atoms with Gasteiger partial charge in [0.15, 0.2) is 0 Å². The minimum absolute atomic E-state index is 0.00510. The van der Waals surface area contributed by atoms with Crippen molar-refractivity contribution in [2.45, 2.75) is 292 Å². The lowest BCUT2D eigenvalue weighted by atomic mass is 9.95. The van der Waals surface area contributed by atoms with Crippen LogP contribution >= 0.6 is 0 Å². The van der Waals surface area contributed by atoms with E-state index in [1.165, 1.54) is 20.8 Å². The number of amides is 17. The van der Waals surface area contributed by atoms with Gasteiger partial charge in [0.1, 0.15) is 84.6 Å². The minimum atomic E-state index is -1.71. The zero-order valence-electron chi connectivity index (χ0n) is 72.9. The van der Waals surface area contributed by atoms with E-state index in [4.69, 9.17) is 22.9 Å². The van der Waals surface area contributed by atoms with Crippen molar-refractivity contribution in [3.8, 4) is 0 Å². The number of primary amides is 1. The molecule has 0 heterocycles. The summed E-state index contributed by atoms with van der Waals surface area (Å²) in [5, 5.41) is 52.3. The molecule has 38 heteroatoms. The Labute approximate surface area is 700 Å². The molecule has 119 heavy (non-hydrogen) atoms. The Bertz CT molecular complexity index is 3460. The van der Waals surface area contributed by atoms with Gasteiger partial charge in [0, 0.05) is 13.3 Å². The van der Waals surface area contributed by atoms with E-state index in [-0.39, 0.29) is 70.0 Å². The van der Waals surface area contributed by atoms with Crippen LogP contribution in [-0.2, 0) is 87.9 Å². The third-order valence-corrected chi connectivity index (χ3v) is 20.0. The fourth-order valence-electron chi connectivity index (χ4n) is 12.3. The van der Waals surface area contributed by atoms with Crippen molar-refractivity contribution in [3.63, 3.8) is 0 Å². The summed E-state index contributed by atoms with van der Waals surface area (Å²) in [6, 6.07) is -9.67. The molecule has 0 aliphatic rings. The average Bonchev–Trinajstić information content (AvgIpc) is 0.871. The number of hydrogen-bond donors (Lipinski definition) is 21. The first-order chi connectivity index (χ1) is 55.9. The van der Waals surface area contributed by atoms with Gasteiger partial charge in [-0.05, 0) is 151 Å². The maximum atomic E-state index is 14.6. The molecule has 38 nitrogen and oxygen atoms in total. The summed E-state index contributed by atoms with van der Waals surface area (Å²) >= 11 is 0. The standard InChI is InChI=1S/C81H142N20O18/c1-18-48(13)66(80(118)93-54(31-23-26-34-82)71(109)87-41-62(105)90-57(68(85)106)37-43(3)4)101-79(117)65(47(11)12)99-76(114)60(42-102)96-69(107)50(15)89-77(115)63(45(7)8)98-73(111)56(33-25-28-36-84)92-72(110)55(32-24-27-35-83)94-81(119)67(49(14)19-2)100-78(116)64(46(9)10)97-70(108)51(16)88-74(112)59(39-53-29-21-20-22-30-53)95-75(113)58(38-44(5)6)91-61(104)40-86-52(17)103/h20-22,29-30,43-51,54-60,63-67,102H,18-19,23-28,31-42,82-84H2,1-17H3,(H2,85,106)(H,86,103)(H,87,109)(H,88,112)(H,89,115)(H,90,105)(H,91,104)(H,92,110)(H,93,118)(H,94,119)(H,95,113)(H,96,107)(H,97,108)(H,98,111)(H,99,114)(H,100,116)(H,101,117)/t48-,49-,50-,51-,54-,55-,56-,57-,58-,59-,60-,63-,64-,65-,66-,67-/m0/s1. The van der Waals surface area contributed by atoms with Crippen LogP contribution in [0.2, 0.25) is 0 Å². The fraction of sp³-hybridized carbons (Fsp3) is 0.716. The predicted octanol–water partition coefficient (Wildman–Crippen LogP) is -2.67. The van der Waals surface area contributed by atoms with E-state index >= 15 is 0 Å². The molecule has 1 aromatic carbocycles. The fourth-order valence-corrected chi connectivity index (χ4v) is 12.3. The van der Waals surface area contributed by atoms with Crippen LogP contribution in [0.1, 0.15) is 207 Å². The topological polar surface area (TPSA) is 607 Å². The predicted molar refractivity (Wildman–Crippen MR) is 448 cm³/mol. The number of aliphatic hydroxyl groups excluding tert-OH is 1. The van der Waals surface area contributed by atoms with Crippen LogP contribution < -0.4 is 108 Å². The molecule has 25 N–H and O–H groups in total. The SMILES string of the molecule is CC[C@H](C)[C@H](NC(=O)[C@@H](NC(=O)[C@H](C)NC(=O)[C@H](Cc1ccccc1)NC(=O)[C@H](CC(C)C)NC(=O)CNC(C)=O)C(C)C)C(=O)N[C@@H](CCCCN)C(=O)N[C@@H](CCCCN)C(=O)N[C@H](C(=O)N[C@@H](C)C(=O)N[C@@H](CO)C(=O)N[C@H](C(=O)N[C@H](C(=O)N[C@@H](CCCCN)C(=O)NCC(=O)N[C@@H](CC(C)C)C(N)=O)[C@@H](C)CC)C(C)C)C(C)C. The Hall–Kier alpha value is -9.95. The summed E-state index contributed by atoms with van der Waals surface area (Å²) in [4.78, 5) is 233. The van der Waals surface area contributed by atoms with Crippen molar-refractivity contribution in [1.29, 1.82) is 0 Å². The molecule has 16 atom stereocenters. The van der Waals surface area contributed by atoms with Crippen molar-refractivity contribution >= 4 is 100 Å². The number of nitrogens with one attached hydrogen (secondary N) is 16. The molecule has 0 saturated carbocycles. The van der Waals surface area contributed by atoms with Crippen molar-refractivity contribution < 1.29 is 86.6 Å². The number of unbranched alkanes of at least 4 members (excludes halogenated alkanes) is 3. The van der Waals surface area contributed by atoms with Crippen LogP contribution in [0, 0.1) is 41.4 Å². The second-order valence-electron chi connectivity index (χ2n) is 32.5. The van der Waals surface area contributed by atoms with Crippen molar-refractivity contribution in [1.82, 2.24) is 85.1 Å². The highest BCUT2D eigenvalue weighted by molar-refractivity contribution is 6.01. The highest BCUT2D eigenvalue weighted by atomic mass is 16.3. The maximum absolute atomic E-state index is 14.6. The minimum Gasteiger partial charge on any atom is -0.394 e. The lowest BCUT2D eigenvalue weighted by molar-refractivity contribution is -0.137. The molecule has 0 unspecified atom stereocenters. The highest BCUT2D eigenvalue weighted by Crippen LogP contribution is 2.17. The van der Waals surface area contributed by atoms with Crippen molar-refractivity contribution in [2.75, 3.05) is 39.3 Å². The first kappa shape index (κ1) is 107. The number of aliphatic hydroxyl groups is 1. The van der Waals surface area contributed by atoms with Crippen LogP contribution in [0.25, 0.3) is 0 Å². The van der Waals surface area contributed by atoms with E-state index in [1.54, 1.807) is 99.6 Å². The zero-order valence-corrected chi connectivity index (χ0v) is 72.9. The zero-order chi connectivity index (χ0) is 90.5. The Kier molecular flexibility index (Phi) is 50.8. The van der Waals surface area contributed by atoms with E-state index in [1.807, 2.05) is 27.7 Å². The molecule has 17 amide bonds. The van der Waals surface area contributed by atoms with Crippen LogP contribution in [-0.4, -0.2) is 229 Å². The second-order valence-corrected chi connectivity index (χ2v) is 32.5. The molecular formula is C81H142N20O18. The molecule has 0 aliphatic heterocycles. The Morgan fingerprint density at radius 1 is 0.336 bits per heavy atom. The van der Waals surface area contributed by atoms with Gasteiger partial charge in [0.05, 0.1) is 19.7 Å². The summed E-state index contributed by atoms with van der Waals surface area (Å²) in [5.41, 5.74) is 23.6. The lowest BCUT2D eigenvalue weighted by Crippen LogP contribution is -2.62. The maximum Gasteiger partial charge on any atom is 0.245 e. The third-order valence-electron chi connectivity index (χ3n) is 20.0. The first-order valence-electron chi connectivity index (χ1n) is 41.7. The summed E-state index contributed by atoms with van der Waals surface area (Å²) in [7, 11) is 0. The number of carbonyl (C=O) groups excluding carboxylic acids is 17. The van der Waals surface area contributed by atoms with Gasteiger partial charge in [-0.1, -0.05) is 140 Å². The largest absolute Gasteiger partial charge is 0.394 e. The van der Waals surface area contributed by atoms with Crippen LogP contribution in [0.15, 0.2) is 30.3 Å². The normalized spacial score (nSPS) is 15.4. The van der Waals surface area contributed by atoms with E-state index in [0.717, 1.165) is 0 Å². The monoisotopic (exact) mass is 1680 g/mol. The van der Waals surface area contributed by atoms with Gasteiger partial charge in [-0.3, -0.25) is 81.5 Å². The van der Waals surface area contributed by atoms with Crippen LogP contribution in [0.4, 0.5) is 0 Å². The Balaban J connectivity index is 3.44. The molecule has 674 valence electrons. The number of nitrogens with two attached hydrogens (primary N) is 4. The van der Waals surface area contributed by atoms with Gasteiger partial charge in [0.2, 0.25) is 100 Å². The lowest BCUT2D eigenvalue weighted by Gasteiger charge is -2.31. The van der Waals surface area contributed by atoms with E-state index in [2.05, 4.69) is 85.1 Å². The van der Waals surface area contributed by atoms with Gasteiger partial charge < -0.3 is 113 Å². The molecule has 0 fully saturated rings. The van der Waals surface area contributed by atoms with Gasteiger partial charge in [-0.25, -0.2) is 0 Å². The second kappa shape index (κ2) is 56.5. The van der Waals surface area contributed by atoms with Crippen LogP contribution in [0.3, 0.4) is 0 Å². The summed E-state index contributed by atoms with van der Waals surface area (Å²) in [6.45, 7) is 26.6. The van der Waals surface area contributed by atoms with Gasteiger partial charge in [0.25, 0.3) is 0 Å². The number of rotatable bonds is 58. The molecule has 0 radical (unpaired) electrons. The van der Waals surface area contributed by atoms with E-state index in [0.29, 0.717) is 56.9 Å². The molecule has 0 aromatic heterocycles. The third kappa shape index (κ3) is 40.6. The van der Waals surface area contributed by atoms with E-state index < -0.39 is 234 Å². The molecule has 1 aromatic rings. The van der Waals surface area contributed by atoms with Gasteiger partial charge in [-0.15, -0.1) is 0 Å². The molecule has 0 bridgehead atoms. The summed E-state index contributed by atoms with van der Waals surface area (Å²) in [6.07, 6.45) is 3.48. The number of hydrogen-bond acceptors (Lipinski definition) is 21. The quantitative estimate of drug-likeness (QED) is 0.0296.